The van der Waals surface area contributed by atoms with Crippen LogP contribution in [0.2, 0.25) is 5.02 Å². The third-order valence-corrected chi connectivity index (χ3v) is 4.50. The maximum Gasteiger partial charge on any atom is 0.322 e. The smallest absolute Gasteiger partial charge is 0.322 e. The zero-order valence-electron chi connectivity index (χ0n) is 13.1. The summed E-state index contributed by atoms with van der Waals surface area (Å²) in [6.07, 6.45) is 0. The highest BCUT2D eigenvalue weighted by molar-refractivity contribution is 7.89. The van der Waals surface area contributed by atoms with Crippen LogP contribution in [-0.2, 0) is 16.6 Å². The molecular weight excluding hydrogens is 360 g/mol. The number of nitrogens with zero attached hydrogens (tertiary/aromatic N) is 3. The van der Waals surface area contributed by atoms with Crippen molar-refractivity contribution in [1.82, 2.24) is 19.7 Å². The molecule has 0 unspecified atom stereocenters. The fourth-order valence-electron chi connectivity index (χ4n) is 1.74. The van der Waals surface area contributed by atoms with E-state index in [1.54, 1.807) is 0 Å². The molecule has 0 radical (unpaired) electrons. The van der Waals surface area contributed by atoms with Gasteiger partial charge in [-0.25, -0.2) is 13.1 Å². The average Bonchev–Trinajstić information content (AvgIpc) is 2.59. The summed E-state index contributed by atoms with van der Waals surface area (Å²) in [6, 6.07) is 4.30. The third kappa shape index (κ3) is 4.22. The zero-order valence-corrected chi connectivity index (χ0v) is 14.7. The van der Waals surface area contributed by atoms with Crippen molar-refractivity contribution in [2.75, 3.05) is 21.3 Å². The molecule has 0 saturated heterocycles. The van der Waals surface area contributed by atoms with Gasteiger partial charge in [-0.15, -0.1) is 4.98 Å². The van der Waals surface area contributed by atoms with Gasteiger partial charge in [0.25, 0.3) is 0 Å². The first kappa shape index (κ1) is 18.2. The van der Waals surface area contributed by atoms with E-state index in [0.29, 0.717) is 0 Å². The van der Waals surface area contributed by atoms with Crippen molar-refractivity contribution in [1.29, 1.82) is 0 Å². The normalized spacial score (nSPS) is 11.2. The molecule has 0 amide bonds. The maximum atomic E-state index is 12.5. The average molecular weight is 375 g/mol. The number of nitrogens with one attached hydrogen (secondary N) is 1. The Balaban J connectivity index is 2.26. The zero-order chi connectivity index (χ0) is 17.7. The van der Waals surface area contributed by atoms with Crippen molar-refractivity contribution in [3.8, 4) is 17.8 Å². The molecular formula is C13H15ClN4O5S. The maximum absolute atomic E-state index is 12.5. The predicted octanol–water partition coefficient (Wildman–Crippen LogP) is 1.03. The Bertz CT molecular complexity index is 809. The van der Waals surface area contributed by atoms with Crippen molar-refractivity contribution in [2.24, 2.45) is 0 Å². The first-order valence-electron chi connectivity index (χ1n) is 6.55. The molecule has 0 atom stereocenters. The lowest BCUT2D eigenvalue weighted by atomic mass is 10.3. The van der Waals surface area contributed by atoms with Crippen molar-refractivity contribution >= 4 is 21.6 Å². The Labute approximate surface area is 144 Å². The highest BCUT2D eigenvalue weighted by Crippen LogP contribution is 2.26. The van der Waals surface area contributed by atoms with Crippen LogP contribution >= 0.6 is 11.6 Å². The highest BCUT2D eigenvalue weighted by atomic mass is 35.5. The van der Waals surface area contributed by atoms with E-state index in [-0.39, 0.29) is 40.1 Å². The standard InChI is InChI=1S/C13H15ClN4O5S/c1-21-9-5-4-8(14)6-10(9)24(19,20)15-7-11-16-12(22-2)18-13(17-11)23-3/h4-6,15H,7H2,1-3H3. The molecule has 0 fully saturated rings. The second-order valence-electron chi connectivity index (χ2n) is 4.34. The van der Waals surface area contributed by atoms with Gasteiger partial charge in [-0.05, 0) is 18.2 Å². The minimum Gasteiger partial charge on any atom is -0.495 e. The van der Waals surface area contributed by atoms with Crippen LogP contribution in [0.5, 0.6) is 17.8 Å². The first-order valence-corrected chi connectivity index (χ1v) is 8.42. The van der Waals surface area contributed by atoms with E-state index in [0.717, 1.165) is 0 Å². The summed E-state index contributed by atoms with van der Waals surface area (Å²) in [7, 11) is 0.210. The fraction of sp³-hybridized carbons (Fsp3) is 0.308. The number of benzene rings is 1. The monoisotopic (exact) mass is 374 g/mol. The lowest BCUT2D eigenvalue weighted by molar-refractivity contribution is 0.336. The van der Waals surface area contributed by atoms with Crippen LogP contribution in [0.3, 0.4) is 0 Å². The van der Waals surface area contributed by atoms with Gasteiger partial charge in [-0.2, -0.15) is 9.97 Å². The van der Waals surface area contributed by atoms with Gasteiger partial charge in [0, 0.05) is 5.02 Å². The van der Waals surface area contributed by atoms with E-state index in [4.69, 9.17) is 25.8 Å². The molecule has 0 bridgehead atoms. The number of ether oxygens (including phenoxy) is 3. The van der Waals surface area contributed by atoms with Gasteiger partial charge in [0.15, 0.2) is 5.82 Å². The number of rotatable bonds is 7. The Kier molecular flexibility index (Phi) is 5.75. The molecule has 0 saturated carbocycles. The van der Waals surface area contributed by atoms with Crippen LogP contribution in [-0.4, -0.2) is 44.7 Å². The predicted molar refractivity (Wildman–Crippen MR) is 85.0 cm³/mol. The van der Waals surface area contributed by atoms with E-state index in [9.17, 15) is 8.42 Å². The third-order valence-electron chi connectivity index (χ3n) is 2.84. The molecule has 1 aromatic carbocycles. The number of hydrogen-bond acceptors (Lipinski definition) is 8. The lowest BCUT2D eigenvalue weighted by Gasteiger charge is -2.11. The lowest BCUT2D eigenvalue weighted by Crippen LogP contribution is -2.25. The van der Waals surface area contributed by atoms with Gasteiger partial charge < -0.3 is 14.2 Å². The Morgan fingerprint density at radius 1 is 1.04 bits per heavy atom. The van der Waals surface area contributed by atoms with E-state index in [2.05, 4.69) is 19.7 Å². The van der Waals surface area contributed by atoms with Crippen LogP contribution < -0.4 is 18.9 Å². The van der Waals surface area contributed by atoms with Crippen LogP contribution in [0.4, 0.5) is 0 Å². The summed E-state index contributed by atoms with van der Waals surface area (Å²) in [5.41, 5.74) is 0. The summed E-state index contributed by atoms with van der Waals surface area (Å²) in [6.45, 7) is -0.201. The summed E-state index contributed by atoms with van der Waals surface area (Å²) in [5, 5.41) is 0.264. The largest absolute Gasteiger partial charge is 0.495 e. The topological polar surface area (TPSA) is 113 Å². The minimum atomic E-state index is -3.90. The Morgan fingerprint density at radius 2 is 1.67 bits per heavy atom. The summed E-state index contributed by atoms with van der Waals surface area (Å²) in [4.78, 5) is 11.6. The van der Waals surface area contributed by atoms with E-state index in [1.165, 1.54) is 39.5 Å². The SMILES string of the molecule is COc1nc(CNS(=O)(=O)c2cc(Cl)ccc2OC)nc(OC)n1. The van der Waals surface area contributed by atoms with Crippen molar-refractivity contribution in [3.63, 3.8) is 0 Å². The summed E-state index contributed by atoms with van der Waals surface area (Å²) >= 11 is 5.86. The van der Waals surface area contributed by atoms with Gasteiger partial charge >= 0.3 is 12.0 Å². The quantitative estimate of drug-likeness (QED) is 0.764. The van der Waals surface area contributed by atoms with Gasteiger partial charge in [0.1, 0.15) is 10.6 Å². The minimum absolute atomic E-state index is 0.0105. The number of methoxy groups -OCH3 is 3. The first-order chi connectivity index (χ1) is 11.4. The Hall–Kier alpha value is -2.17. The molecule has 9 nitrogen and oxygen atoms in total. The number of aromatic nitrogens is 3. The molecule has 0 aliphatic heterocycles. The van der Waals surface area contributed by atoms with Gasteiger partial charge in [0.2, 0.25) is 10.0 Å². The molecule has 0 spiro atoms. The summed E-state index contributed by atoms with van der Waals surface area (Å²) < 4.78 is 42.2. The van der Waals surface area contributed by atoms with Crippen LogP contribution in [0, 0.1) is 0 Å². The molecule has 2 aromatic rings. The number of hydrogen-bond donors (Lipinski definition) is 1. The van der Waals surface area contributed by atoms with Gasteiger partial charge in [-0.1, -0.05) is 11.6 Å². The van der Waals surface area contributed by atoms with Gasteiger partial charge in [0.05, 0.1) is 27.9 Å². The molecule has 0 aliphatic rings. The molecule has 130 valence electrons. The van der Waals surface area contributed by atoms with Gasteiger partial charge in [-0.3, -0.25) is 0 Å². The number of halogens is 1. The second-order valence-corrected chi connectivity index (χ2v) is 6.52. The van der Waals surface area contributed by atoms with Crippen molar-refractivity contribution < 1.29 is 22.6 Å². The summed E-state index contributed by atoms with van der Waals surface area (Å²) in [5.74, 6) is 0.293. The highest BCUT2D eigenvalue weighted by Gasteiger charge is 2.21. The molecule has 1 heterocycles. The molecule has 1 aromatic heterocycles. The molecule has 24 heavy (non-hydrogen) atoms. The molecule has 1 N–H and O–H groups in total. The van der Waals surface area contributed by atoms with Crippen LogP contribution in [0.1, 0.15) is 5.82 Å². The van der Waals surface area contributed by atoms with E-state index >= 15 is 0 Å². The van der Waals surface area contributed by atoms with Crippen LogP contribution in [0.25, 0.3) is 0 Å². The molecule has 11 heteroatoms. The van der Waals surface area contributed by atoms with E-state index < -0.39 is 10.0 Å². The molecule has 2 rings (SSSR count). The molecule has 0 aliphatic carbocycles. The van der Waals surface area contributed by atoms with Crippen molar-refractivity contribution in [2.45, 2.75) is 11.4 Å². The van der Waals surface area contributed by atoms with Crippen molar-refractivity contribution in [3.05, 3.63) is 29.0 Å². The fourth-order valence-corrected chi connectivity index (χ4v) is 3.15. The Morgan fingerprint density at radius 3 is 2.21 bits per heavy atom. The number of sulfonamides is 1. The van der Waals surface area contributed by atoms with Crippen LogP contribution in [0.15, 0.2) is 23.1 Å². The second kappa shape index (κ2) is 7.60. The van der Waals surface area contributed by atoms with E-state index in [1.807, 2.05) is 0 Å².